The predicted molar refractivity (Wildman–Crippen MR) is 53.7 cm³/mol. The minimum Gasteiger partial charge on any atom is -0.465 e. The van der Waals surface area contributed by atoms with E-state index in [2.05, 4.69) is 4.74 Å². The molecule has 2 aromatic rings. The monoisotopic (exact) mass is 209 g/mol. The van der Waals surface area contributed by atoms with Crippen molar-refractivity contribution in [1.29, 1.82) is 0 Å². The van der Waals surface area contributed by atoms with E-state index < -0.39 is 0 Å². The van der Waals surface area contributed by atoms with E-state index in [4.69, 9.17) is 11.6 Å². The van der Waals surface area contributed by atoms with Crippen molar-refractivity contribution in [3.63, 3.8) is 0 Å². The maximum Gasteiger partial charge on any atom is 0.337 e. The first-order chi connectivity index (χ1) is 6.72. The number of halogens is 1. The number of esters is 1. The van der Waals surface area contributed by atoms with Gasteiger partial charge < -0.3 is 9.14 Å². The minimum absolute atomic E-state index is 0.343. The zero-order valence-electron chi connectivity index (χ0n) is 7.53. The quantitative estimate of drug-likeness (QED) is 0.676. The topological polar surface area (TPSA) is 30.7 Å². The van der Waals surface area contributed by atoms with Crippen molar-refractivity contribution in [3.8, 4) is 0 Å². The molecule has 2 aromatic heterocycles. The van der Waals surface area contributed by atoms with Gasteiger partial charge in [0, 0.05) is 11.7 Å². The van der Waals surface area contributed by atoms with Gasteiger partial charge in [0.05, 0.1) is 12.7 Å². The summed E-state index contributed by atoms with van der Waals surface area (Å²) in [5, 5.41) is 0.622. The van der Waals surface area contributed by atoms with E-state index in [-0.39, 0.29) is 5.97 Å². The molecule has 2 heterocycles. The fourth-order valence-electron chi connectivity index (χ4n) is 1.32. The first kappa shape index (κ1) is 9.09. The third kappa shape index (κ3) is 1.36. The number of pyridine rings is 1. The van der Waals surface area contributed by atoms with Gasteiger partial charge in [0.25, 0.3) is 0 Å². The van der Waals surface area contributed by atoms with Gasteiger partial charge in [-0.1, -0.05) is 11.6 Å². The second-order valence-electron chi connectivity index (χ2n) is 2.86. The lowest BCUT2D eigenvalue weighted by Gasteiger charge is -2.00. The van der Waals surface area contributed by atoms with Gasteiger partial charge in [-0.2, -0.15) is 0 Å². The highest BCUT2D eigenvalue weighted by atomic mass is 35.5. The fraction of sp³-hybridized carbons (Fsp3) is 0.100. The molecule has 0 saturated heterocycles. The summed E-state index contributed by atoms with van der Waals surface area (Å²) in [7, 11) is 1.36. The van der Waals surface area contributed by atoms with Gasteiger partial charge in [-0.15, -0.1) is 0 Å². The summed E-state index contributed by atoms with van der Waals surface area (Å²) in [6.07, 6.45) is 1.74. The van der Waals surface area contributed by atoms with Crippen molar-refractivity contribution in [3.05, 3.63) is 41.2 Å². The maximum absolute atomic E-state index is 11.2. The molecule has 0 amide bonds. The molecule has 72 valence electrons. The highest BCUT2D eigenvalue weighted by Crippen LogP contribution is 2.16. The Balaban J connectivity index is 2.57. The summed E-state index contributed by atoms with van der Waals surface area (Å²) in [6, 6.07) is 7.02. The van der Waals surface area contributed by atoms with Gasteiger partial charge >= 0.3 is 5.97 Å². The molecule has 0 aromatic carbocycles. The standard InChI is InChI=1S/C10H8ClNO2/c1-14-10(13)7-4-5-12-8(6-7)2-3-9(12)11/h2-6H,1H3. The zero-order valence-corrected chi connectivity index (χ0v) is 8.28. The molecule has 0 atom stereocenters. The molecule has 0 saturated carbocycles. The van der Waals surface area contributed by atoms with Crippen LogP contribution in [0.5, 0.6) is 0 Å². The summed E-state index contributed by atoms with van der Waals surface area (Å²) in [4.78, 5) is 11.2. The number of fused-ring (bicyclic) bond motifs is 1. The Labute approximate surface area is 85.9 Å². The number of aromatic nitrogens is 1. The Morgan fingerprint density at radius 3 is 2.93 bits per heavy atom. The molecule has 0 aliphatic heterocycles. The Morgan fingerprint density at radius 2 is 2.21 bits per heavy atom. The number of carbonyl (C=O) groups is 1. The average Bonchev–Trinajstić information content (AvgIpc) is 2.59. The van der Waals surface area contributed by atoms with Crippen molar-refractivity contribution in [2.45, 2.75) is 0 Å². The van der Waals surface area contributed by atoms with E-state index in [0.29, 0.717) is 10.7 Å². The highest BCUT2D eigenvalue weighted by Gasteiger charge is 2.06. The SMILES string of the molecule is COC(=O)c1ccn2c(Cl)ccc2c1. The first-order valence-electron chi connectivity index (χ1n) is 4.07. The maximum atomic E-state index is 11.2. The van der Waals surface area contributed by atoms with E-state index in [1.807, 2.05) is 6.07 Å². The summed E-state index contributed by atoms with van der Waals surface area (Å²) in [5.74, 6) is -0.343. The van der Waals surface area contributed by atoms with Gasteiger partial charge in [0.15, 0.2) is 0 Å². The second kappa shape index (κ2) is 3.35. The van der Waals surface area contributed by atoms with Crippen LogP contribution in [0.4, 0.5) is 0 Å². The molecule has 0 unspecified atom stereocenters. The molecular formula is C10H8ClNO2. The van der Waals surface area contributed by atoms with Crippen LogP contribution in [0.2, 0.25) is 5.15 Å². The van der Waals surface area contributed by atoms with Crippen LogP contribution in [0.3, 0.4) is 0 Å². The number of methoxy groups -OCH3 is 1. The van der Waals surface area contributed by atoms with Crippen LogP contribution in [-0.2, 0) is 4.74 Å². The van der Waals surface area contributed by atoms with Crippen LogP contribution in [0.25, 0.3) is 5.52 Å². The van der Waals surface area contributed by atoms with Gasteiger partial charge in [-0.05, 0) is 24.3 Å². The van der Waals surface area contributed by atoms with E-state index in [0.717, 1.165) is 5.52 Å². The molecule has 0 N–H and O–H groups in total. The highest BCUT2D eigenvalue weighted by molar-refractivity contribution is 6.30. The third-order valence-corrected chi connectivity index (χ3v) is 2.34. The Morgan fingerprint density at radius 1 is 1.43 bits per heavy atom. The van der Waals surface area contributed by atoms with Crippen molar-refractivity contribution < 1.29 is 9.53 Å². The summed E-state index contributed by atoms with van der Waals surface area (Å²) in [6.45, 7) is 0. The smallest absolute Gasteiger partial charge is 0.337 e. The number of nitrogens with zero attached hydrogens (tertiary/aromatic N) is 1. The molecule has 3 nitrogen and oxygen atoms in total. The lowest BCUT2D eigenvalue weighted by atomic mass is 10.2. The molecule has 14 heavy (non-hydrogen) atoms. The summed E-state index contributed by atoms with van der Waals surface area (Å²) in [5.41, 5.74) is 1.40. The number of hydrogen-bond acceptors (Lipinski definition) is 2. The van der Waals surface area contributed by atoms with Gasteiger partial charge in [0.1, 0.15) is 5.15 Å². The van der Waals surface area contributed by atoms with Crippen molar-refractivity contribution in [2.24, 2.45) is 0 Å². The molecule has 0 bridgehead atoms. The van der Waals surface area contributed by atoms with Crippen molar-refractivity contribution in [2.75, 3.05) is 7.11 Å². The van der Waals surface area contributed by atoms with Crippen LogP contribution in [-0.4, -0.2) is 17.5 Å². The lowest BCUT2D eigenvalue weighted by Crippen LogP contribution is -2.01. The number of carbonyl (C=O) groups excluding carboxylic acids is 1. The normalized spacial score (nSPS) is 10.4. The second-order valence-corrected chi connectivity index (χ2v) is 3.25. The molecule has 2 rings (SSSR count). The molecule has 0 spiro atoms. The Hall–Kier alpha value is -1.48. The van der Waals surface area contributed by atoms with E-state index in [9.17, 15) is 4.79 Å². The Kier molecular flexibility index (Phi) is 2.17. The number of ether oxygens (including phenoxy) is 1. The first-order valence-corrected chi connectivity index (χ1v) is 4.45. The van der Waals surface area contributed by atoms with Gasteiger partial charge in [-0.3, -0.25) is 0 Å². The molecule has 4 heteroatoms. The van der Waals surface area contributed by atoms with Crippen LogP contribution >= 0.6 is 11.6 Å². The van der Waals surface area contributed by atoms with E-state index in [1.165, 1.54) is 7.11 Å². The van der Waals surface area contributed by atoms with Crippen LogP contribution < -0.4 is 0 Å². The molecule has 0 fully saturated rings. The number of rotatable bonds is 1. The van der Waals surface area contributed by atoms with Gasteiger partial charge in [0.2, 0.25) is 0 Å². The fourth-order valence-corrected chi connectivity index (χ4v) is 1.54. The molecule has 0 aliphatic rings. The summed E-state index contributed by atoms with van der Waals surface area (Å²) < 4.78 is 6.40. The van der Waals surface area contributed by atoms with Crippen LogP contribution in [0.15, 0.2) is 30.5 Å². The van der Waals surface area contributed by atoms with E-state index in [1.54, 1.807) is 28.8 Å². The van der Waals surface area contributed by atoms with Crippen LogP contribution in [0, 0.1) is 0 Å². The summed E-state index contributed by atoms with van der Waals surface area (Å²) >= 11 is 5.89. The molecule has 0 aliphatic carbocycles. The van der Waals surface area contributed by atoms with Crippen molar-refractivity contribution in [1.82, 2.24) is 4.40 Å². The van der Waals surface area contributed by atoms with Gasteiger partial charge in [-0.25, -0.2) is 4.79 Å². The largest absolute Gasteiger partial charge is 0.465 e. The lowest BCUT2D eigenvalue weighted by molar-refractivity contribution is 0.0601. The Bertz CT molecular complexity index is 490. The zero-order chi connectivity index (χ0) is 10.1. The molecule has 0 radical (unpaired) electrons. The number of hydrogen-bond donors (Lipinski definition) is 0. The third-order valence-electron chi connectivity index (χ3n) is 2.03. The average molecular weight is 210 g/mol. The predicted octanol–water partition coefficient (Wildman–Crippen LogP) is 2.38. The van der Waals surface area contributed by atoms with Crippen LogP contribution in [0.1, 0.15) is 10.4 Å². The van der Waals surface area contributed by atoms with E-state index >= 15 is 0 Å². The minimum atomic E-state index is -0.343. The van der Waals surface area contributed by atoms with Crippen molar-refractivity contribution >= 4 is 23.1 Å². The molecular weight excluding hydrogens is 202 g/mol.